The van der Waals surface area contributed by atoms with Crippen molar-refractivity contribution in [2.45, 2.75) is 32.7 Å². The number of aryl methyl sites for hydroxylation is 1. The van der Waals surface area contributed by atoms with Gasteiger partial charge in [-0.1, -0.05) is 12.1 Å². The number of aromatic nitrogens is 2. The summed E-state index contributed by atoms with van der Waals surface area (Å²) in [7, 11) is 1.49. The molecule has 0 bridgehead atoms. The molecule has 2 aromatic carbocycles. The van der Waals surface area contributed by atoms with Gasteiger partial charge in [-0.2, -0.15) is 0 Å². The van der Waals surface area contributed by atoms with Crippen LogP contribution in [0.3, 0.4) is 0 Å². The molecule has 0 saturated carbocycles. The largest absolute Gasteiger partial charge is 0.463 e. The summed E-state index contributed by atoms with van der Waals surface area (Å²) in [6.45, 7) is 5.25. The van der Waals surface area contributed by atoms with Crippen LogP contribution < -0.4 is 5.32 Å². The number of aliphatic imine (C=N–C) groups is 1. The van der Waals surface area contributed by atoms with Gasteiger partial charge in [0, 0.05) is 18.3 Å². The van der Waals surface area contributed by atoms with Gasteiger partial charge in [-0.05, 0) is 56.7 Å². The van der Waals surface area contributed by atoms with Gasteiger partial charge >= 0.3 is 6.09 Å². The molecular weight excluding hydrogens is 410 g/mol. The minimum Gasteiger partial charge on any atom is -0.463 e. The molecule has 1 aromatic heterocycles. The van der Waals surface area contributed by atoms with E-state index in [0.29, 0.717) is 5.56 Å². The Balaban J connectivity index is 1.79. The third-order valence-electron chi connectivity index (χ3n) is 5.76. The highest BCUT2D eigenvalue weighted by atomic mass is 16.4. The van der Waals surface area contributed by atoms with Crippen LogP contribution in [-0.2, 0) is 10.3 Å². The van der Waals surface area contributed by atoms with E-state index in [1.165, 1.54) is 18.9 Å². The lowest BCUT2D eigenvalue weighted by molar-refractivity contribution is -0.129. The van der Waals surface area contributed by atoms with E-state index in [0.717, 1.165) is 28.1 Å². The fourth-order valence-corrected chi connectivity index (χ4v) is 4.02. The van der Waals surface area contributed by atoms with E-state index in [1.54, 1.807) is 12.1 Å². The van der Waals surface area contributed by atoms with E-state index < -0.39 is 11.6 Å². The maximum Gasteiger partial charge on any atom is 0.434 e. The number of ketones is 1. The van der Waals surface area contributed by atoms with E-state index in [4.69, 9.17) is 5.11 Å². The van der Waals surface area contributed by atoms with Crippen LogP contribution in [-0.4, -0.2) is 50.3 Å². The highest BCUT2D eigenvalue weighted by Crippen LogP contribution is 2.31. The average Bonchev–Trinajstić information content (AvgIpc) is 3.06. The number of benzene rings is 2. The fraction of sp³-hybridized carbons (Fsp3) is 0.261. The molecule has 1 aliphatic rings. The summed E-state index contributed by atoms with van der Waals surface area (Å²) < 4.78 is 1.98. The summed E-state index contributed by atoms with van der Waals surface area (Å²) in [5.41, 5.74) is 2.97. The molecule has 2 heterocycles. The first-order valence-electron chi connectivity index (χ1n) is 10.1. The predicted molar refractivity (Wildman–Crippen MR) is 119 cm³/mol. The zero-order chi connectivity index (χ0) is 23.2. The second-order valence-electron chi connectivity index (χ2n) is 8.11. The zero-order valence-electron chi connectivity index (χ0n) is 18.2. The molecule has 0 aliphatic carbocycles. The molecule has 0 spiro atoms. The Hall–Kier alpha value is -4.01. The Kier molecular flexibility index (Phi) is 5.04. The van der Waals surface area contributed by atoms with Gasteiger partial charge in [0.2, 0.25) is 11.9 Å². The molecule has 1 atom stereocenters. The van der Waals surface area contributed by atoms with Crippen LogP contribution in [0.1, 0.15) is 42.0 Å². The second-order valence-corrected chi connectivity index (χ2v) is 8.11. The SMILES string of the molecule is CC(=O)c1ccc2c(c1)nc(C)n2-c1cccc([C@]2(C)CC(=O)N(C)/C(=N/C(=O)O)N2)c1. The van der Waals surface area contributed by atoms with Gasteiger partial charge in [0.1, 0.15) is 5.82 Å². The third-order valence-corrected chi connectivity index (χ3v) is 5.76. The van der Waals surface area contributed by atoms with Gasteiger partial charge in [0.05, 0.1) is 23.0 Å². The molecule has 0 radical (unpaired) electrons. The Morgan fingerprint density at radius 2 is 1.97 bits per heavy atom. The van der Waals surface area contributed by atoms with Crippen LogP contribution in [0, 0.1) is 6.92 Å². The number of hydrogen-bond acceptors (Lipinski definition) is 4. The number of nitrogens with zero attached hydrogens (tertiary/aromatic N) is 4. The molecule has 1 aliphatic heterocycles. The lowest BCUT2D eigenvalue weighted by atomic mass is 9.86. The number of carbonyl (C=O) groups is 3. The molecule has 2 amide bonds. The van der Waals surface area contributed by atoms with Crippen molar-refractivity contribution in [2.24, 2.45) is 4.99 Å². The Bertz CT molecular complexity index is 1310. The normalized spacial score (nSPS) is 19.9. The number of hydrogen-bond donors (Lipinski definition) is 2. The first-order valence-corrected chi connectivity index (χ1v) is 10.1. The smallest absolute Gasteiger partial charge is 0.434 e. The van der Waals surface area contributed by atoms with Crippen LogP contribution in [0.15, 0.2) is 47.5 Å². The maximum absolute atomic E-state index is 12.6. The molecule has 4 rings (SSSR count). The monoisotopic (exact) mass is 433 g/mol. The molecule has 1 saturated heterocycles. The Labute approximate surface area is 184 Å². The molecule has 9 heteroatoms. The minimum absolute atomic E-state index is 0.0114. The molecule has 0 unspecified atom stereocenters. The highest BCUT2D eigenvalue weighted by molar-refractivity contribution is 6.03. The molecule has 9 nitrogen and oxygen atoms in total. The number of fused-ring (bicyclic) bond motifs is 1. The maximum atomic E-state index is 12.6. The van der Waals surface area contributed by atoms with Gasteiger partial charge in [0.25, 0.3) is 0 Å². The van der Waals surface area contributed by atoms with Gasteiger partial charge in [-0.3, -0.25) is 19.1 Å². The lowest BCUT2D eigenvalue weighted by Crippen LogP contribution is -2.58. The first kappa shape index (κ1) is 21.2. The Morgan fingerprint density at radius 3 is 2.66 bits per heavy atom. The average molecular weight is 433 g/mol. The van der Waals surface area contributed by atoms with E-state index >= 15 is 0 Å². The summed E-state index contributed by atoms with van der Waals surface area (Å²) >= 11 is 0. The number of nitrogens with one attached hydrogen (secondary N) is 1. The topological polar surface area (TPSA) is 117 Å². The van der Waals surface area contributed by atoms with Crippen molar-refractivity contribution in [2.75, 3.05) is 7.05 Å². The first-order chi connectivity index (χ1) is 15.1. The molecule has 32 heavy (non-hydrogen) atoms. The van der Waals surface area contributed by atoms with Crippen LogP contribution in [0.2, 0.25) is 0 Å². The summed E-state index contributed by atoms with van der Waals surface area (Å²) in [5, 5.41) is 12.2. The van der Waals surface area contributed by atoms with Gasteiger partial charge in [-0.15, -0.1) is 4.99 Å². The lowest BCUT2D eigenvalue weighted by Gasteiger charge is -2.40. The van der Waals surface area contributed by atoms with Gasteiger partial charge in [0.15, 0.2) is 5.78 Å². The van der Waals surface area contributed by atoms with Crippen molar-refractivity contribution >= 4 is 34.8 Å². The zero-order valence-corrected chi connectivity index (χ0v) is 18.2. The predicted octanol–water partition coefficient (Wildman–Crippen LogP) is 3.24. The number of Topliss-reactive ketones (excluding diaryl/α,β-unsaturated/α-hetero) is 1. The van der Waals surface area contributed by atoms with Crippen LogP contribution >= 0.6 is 0 Å². The number of carbonyl (C=O) groups excluding carboxylic acids is 2. The number of carboxylic acid groups (broad SMARTS) is 1. The van der Waals surface area contributed by atoms with E-state index in [2.05, 4.69) is 15.3 Å². The van der Waals surface area contributed by atoms with E-state index in [9.17, 15) is 14.4 Å². The standard InChI is InChI=1S/C23H23N5O4/c1-13(29)15-8-9-19-18(10-15)24-14(2)28(19)17-7-5-6-16(11-17)23(3)12-20(30)27(4)21(26-23)25-22(31)32/h5-11H,12H2,1-4H3,(H,25,26)(H,31,32)/t23-/m0/s1. The van der Waals surface area contributed by atoms with Crippen molar-refractivity contribution < 1.29 is 19.5 Å². The summed E-state index contributed by atoms with van der Waals surface area (Å²) in [4.78, 5) is 44.8. The van der Waals surface area contributed by atoms with Crippen LogP contribution in [0.5, 0.6) is 0 Å². The quantitative estimate of drug-likeness (QED) is 0.613. The number of amides is 2. The molecule has 1 fully saturated rings. The molecule has 2 N–H and O–H groups in total. The van der Waals surface area contributed by atoms with Gasteiger partial charge < -0.3 is 10.4 Å². The van der Waals surface area contributed by atoms with Crippen molar-refractivity contribution in [3.63, 3.8) is 0 Å². The summed E-state index contributed by atoms with van der Waals surface area (Å²) in [6.07, 6.45) is -1.24. The van der Waals surface area contributed by atoms with Crippen molar-refractivity contribution in [1.82, 2.24) is 19.8 Å². The van der Waals surface area contributed by atoms with Crippen LogP contribution in [0.25, 0.3) is 16.7 Å². The molecule has 3 aromatic rings. The summed E-state index contributed by atoms with van der Waals surface area (Å²) in [5.74, 6) is 0.481. The summed E-state index contributed by atoms with van der Waals surface area (Å²) in [6, 6.07) is 13.1. The number of guanidine groups is 1. The highest BCUT2D eigenvalue weighted by Gasteiger charge is 2.39. The van der Waals surface area contributed by atoms with Crippen LogP contribution in [0.4, 0.5) is 4.79 Å². The van der Waals surface area contributed by atoms with Crippen molar-refractivity contribution in [3.8, 4) is 5.69 Å². The number of imidazole rings is 1. The second kappa shape index (κ2) is 7.60. The Morgan fingerprint density at radius 1 is 1.22 bits per heavy atom. The van der Waals surface area contributed by atoms with Crippen molar-refractivity contribution in [1.29, 1.82) is 0 Å². The minimum atomic E-state index is -1.38. The van der Waals surface area contributed by atoms with E-state index in [-0.39, 0.29) is 24.1 Å². The van der Waals surface area contributed by atoms with E-state index in [1.807, 2.05) is 48.7 Å². The van der Waals surface area contributed by atoms with Gasteiger partial charge in [-0.25, -0.2) is 9.78 Å². The van der Waals surface area contributed by atoms with Crippen molar-refractivity contribution in [3.05, 3.63) is 59.4 Å². The molecular formula is C23H23N5O4. The fourth-order valence-electron chi connectivity index (χ4n) is 4.02. The third kappa shape index (κ3) is 3.62. The number of rotatable bonds is 3. The molecule has 164 valence electrons.